The number of rotatable bonds is 8. The molecule has 0 spiro atoms. The lowest BCUT2D eigenvalue weighted by Crippen LogP contribution is -2.31. The maximum Gasteiger partial charge on any atom is 0.312 e. The molecule has 0 atom stereocenters. The van der Waals surface area contributed by atoms with Crippen LogP contribution < -0.4 is 5.73 Å². The monoisotopic (exact) mass is 443 g/mol. The number of amides is 1. The van der Waals surface area contributed by atoms with Crippen LogP contribution in [0.5, 0.6) is 0 Å². The summed E-state index contributed by atoms with van der Waals surface area (Å²) in [5, 5.41) is 26.2. The Morgan fingerprint density at radius 1 is 1.20 bits per heavy atom. The summed E-state index contributed by atoms with van der Waals surface area (Å²) in [6.07, 6.45) is 0. The van der Waals surface area contributed by atoms with E-state index in [4.69, 9.17) is 27.0 Å². The van der Waals surface area contributed by atoms with Gasteiger partial charge in [0.15, 0.2) is 0 Å². The van der Waals surface area contributed by atoms with Gasteiger partial charge >= 0.3 is 6.01 Å². The minimum absolute atomic E-state index is 0.0715. The Balaban J connectivity index is 1.74. The van der Waals surface area contributed by atoms with Crippen LogP contribution in [0.4, 0.5) is 6.01 Å². The number of aliphatic hydroxyl groups excluding tert-OH is 1. The lowest BCUT2D eigenvalue weighted by atomic mass is 10.1. The molecule has 0 aliphatic heterocycles. The van der Waals surface area contributed by atoms with Crippen molar-refractivity contribution in [3.8, 4) is 6.07 Å². The molecule has 0 radical (unpaired) electrons. The summed E-state index contributed by atoms with van der Waals surface area (Å²) in [5.74, 6) is 0.167. The van der Waals surface area contributed by atoms with Crippen molar-refractivity contribution in [1.82, 2.24) is 15.1 Å². The molecule has 0 saturated heterocycles. The van der Waals surface area contributed by atoms with E-state index in [1.54, 1.807) is 47.4 Å². The minimum Gasteiger partial charge on any atom is -0.406 e. The zero-order valence-electron chi connectivity index (χ0n) is 15.8. The molecule has 0 aliphatic carbocycles. The van der Waals surface area contributed by atoms with E-state index in [1.807, 2.05) is 0 Å². The number of nitrogens with two attached hydrogens (primary N) is 1. The Kier molecular flexibility index (Phi) is 7.30. The predicted molar refractivity (Wildman–Crippen MR) is 112 cm³/mol. The average Bonchev–Trinajstić information content (AvgIpc) is 3.17. The molecule has 2 aromatic carbocycles. The van der Waals surface area contributed by atoms with Gasteiger partial charge in [0.05, 0.1) is 35.6 Å². The largest absolute Gasteiger partial charge is 0.406 e. The van der Waals surface area contributed by atoms with Gasteiger partial charge in [-0.05, 0) is 35.4 Å². The molecule has 3 N–H and O–H groups in total. The standard InChI is InChI=1S/C20H18ClN5O3S/c21-16-6-5-15(11-27)7-17(16)30-12-19(28)26(10-18-24-25-20(23)29-18)9-14-3-1-13(8-22)2-4-14/h1-7,27H,9-12H2,(H2,23,25). The number of benzene rings is 2. The lowest BCUT2D eigenvalue weighted by molar-refractivity contribution is -0.129. The molecule has 10 heteroatoms. The van der Waals surface area contributed by atoms with Gasteiger partial charge in [-0.3, -0.25) is 4.79 Å². The molecule has 0 saturated carbocycles. The van der Waals surface area contributed by atoms with E-state index in [2.05, 4.69) is 16.3 Å². The molecular weight excluding hydrogens is 426 g/mol. The van der Waals surface area contributed by atoms with Crippen LogP contribution in [0.25, 0.3) is 0 Å². The van der Waals surface area contributed by atoms with Crippen LogP contribution >= 0.6 is 23.4 Å². The third-order valence-electron chi connectivity index (χ3n) is 4.15. The van der Waals surface area contributed by atoms with E-state index in [9.17, 15) is 9.90 Å². The van der Waals surface area contributed by atoms with Crippen LogP contribution in [-0.2, 0) is 24.5 Å². The van der Waals surface area contributed by atoms with Gasteiger partial charge in [-0.2, -0.15) is 5.26 Å². The van der Waals surface area contributed by atoms with Gasteiger partial charge in [0.2, 0.25) is 11.8 Å². The third-order valence-corrected chi connectivity index (χ3v) is 5.63. The van der Waals surface area contributed by atoms with E-state index in [0.717, 1.165) is 5.56 Å². The average molecular weight is 444 g/mol. The van der Waals surface area contributed by atoms with E-state index < -0.39 is 0 Å². The number of halogens is 1. The highest BCUT2D eigenvalue weighted by Crippen LogP contribution is 2.29. The summed E-state index contributed by atoms with van der Waals surface area (Å²) in [7, 11) is 0. The molecule has 3 rings (SSSR count). The lowest BCUT2D eigenvalue weighted by Gasteiger charge is -2.21. The molecule has 154 valence electrons. The van der Waals surface area contributed by atoms with Crippen molar-refractivity contribution in [1.29, 1.82) is 5.26 Å². The van der Waals surface area contributed by atoms with Crippen molar-refractivity contribution in [2.75, 3.05) is 11.5 Å². The van der Waals surface area contributed by atoms with E-state index in [1.165, 1.54) is 11.8 Å². The molecular formula is C20H18ClN5O3S. The van der Waals surface area contributed by atoms with Crippen LogP contribution in [-0.4, -0.2) is 31.9 Å². The van der Waals surface area contributed by atoms with Crippen molar-refractivity contribution in [3.63, 3.8) is 0 Å². The zero-order valence-corrected chi connectivity index (χ0v) is 17.4. The smallest absolute Gasteiger partial charge is 0.312 e. The number of hydrogen-bond donors (Lipinski definition) is 2. The Hall–Kier alpha value is -3.06. The fourth-order valence-corrected chi connectivity index (χ4v) is 3.80. The molecule has 8 nitrogen and oxygen atoms in total. The number of anilines is 1. The number of thioether (sulfide) groups is 1. The molecule has 30 heavy (non-hydrogen) atoms. The molecule has 1 amide bonds. The first-order valence-corrected chi connectivity index (χ1v) is 10.2. The molecule has 1 heterocycles. The number of aliphatic hydroxyl groups is 1. The van der Waals surface area contributed by atoms with Gasteiger partial charge in [-0.15, -0.1) is 16.9 Å². The van der Waals surface area contributed by atoms with Gasteiger partial charge in [0.25, 0.3) is 0 Å². The first-order valence-electron chi connectivity index (χ1n) is 8.85. The maximum absolute atomic E-state index is 13.0. The first kappa shape index (κ1) is 21.6. The topological polar surface area (TPSA) is 129 Å². The molecule has 0 bridgehead atoms. The number of carbonyl (C=O) groups is 1. The van der Waals surface area contributed by atoms with Crippen LogP contribution in [0, 0.1) is 11.3 Å². The van der Waals surface area contributed by atoms with Gasteiger partial charge in [-0.25, -0.2) is 0 Å². The molecule has 0 unspecified atom stereocenters. The van der Waals surface area contributed by atoms with Gasteiger partial charge < -0.3 is 20.2 Å². The minimum atomic E-state index is -0.174. The van der Waals surface area contributed by atoms with Crippen molar-refractivity contribution in [2.24, 2.45) is 0 Å². The van der Waals surface area contributed by atoms with Crippen molar-refractivity contribution in [3.05, 3.63) is 70.1 Å². The Morgan fingerprint density at radius 3 is 2.57 bits per heavy atom. The third kappa shape index (κ3) is 5.73. The highest BCUT2D eigenvalue weighted by atomic mass is 35.5. The van der Waals surface area contributed by atoms with Crippen LogP contribution in [0.2, 0.25) is 5.02 Å². The predicted octanol–water partition coefficient (Wildman–Crippen LogP) is 2.99. The SMILES string of the molecule is N#Cc1ccc(CN(Cc2nnc(N)o2)C(=O)CSc2cc(CO)ccc2Cl)cc1. The van der Waals surface area contributed by atoms with E-state index >= 15 is 0 Å². The van der Waals surface area contributed by atoms with Crippen LogP contribution in [0.1, 0.15) is 22.6 Å². The second kappa shape index (κ2) is 10.1. The van der Waals surface area contributed by atoms with Gasteiger partial charge in [0.1, 0.15) is 0 Å². The molecule has 0 aliphatic rings. The summed E-state index contributed by atoms with van der Waals surface area (Å²) < 4.78 is 5.21. The zero-order chi connectivity index (χ0) is 21.5. The van der Waals surface area contributed by atoms with Crippen LogP contribution in [0.3, 0.4) is 0 Å². The maximum atomic E-state index is 13.0. The highest BCUT2D eigenvalue weighted by Gasteiger charge is 2.19. The second-order valence-corrected chi connectivity index (χ2v) is 7.73. The van der Waals surface area contributed by atoms with Crippen molar-refractivity contribution < 1.29 is 14.3 Å². The number of carbonyl (C=O) groups excluding carboxylic acids is 1. The number of nitriles is 1. The quantitative estimate of drug-likeness (QED) is 0.508. The fraction of sp³-hybridized carbons (Fsp3) is 0.200. The number of aromatic nitrogens is 2. The van der Waals surface area contributed by atoms with Gasteiger partial charge in [-0.1, -0.05) is 34.9 Å². The van der Waals surface area contributed by atoms with Crippen LogP contribution in [0.15, 0.2) is 51.8 Å². The Morgan fingerprint density at radius 2 is 1.93 bits per heavy atom. The number of hydrogen-bond acceptors (Lipinski definition) is 8. The molecule has 0 fully saturated rings. The summed E-state index contributed by atoms with van der Waals surface area (Å²) in [6, 6.07) is 14.1. The molecule has 1 aromatic heterocycles. The number of nitrogen functional groups attached to an aromatic ring is 1. The summed E-state index contributed by atoms with van der Waals surface area (Å²) in [4.78, 5) is 15.2. The van der Waals surface area contributed by atoms with Crippen molar-refractivity contribution >= 4 is 35.3 Å². The van der Waals surface area contributed by atoms with E-state index in [-0.39, 0.29) is 43.3 Å². The van der Waals surface area contributed by atoms with Gasteiger partial charge in [0, 0.05) is 11.4 Å². The fourth-order valence-electron chi connectivity index (χ4n) is 2.62. The summed E-state index contributed by atoms with van der Waals surface area (Å²) in [5.41, 5.74) is 7.58. The first-order chi connectivity index (χ1) is 14.5. The normalized spacial score (nSPS) is 10.6. The Labute approximate surface area is 182 Å². The highest BCUT2D eigenvalue weighted by molar-refractivity contribution is 8.00. The Bertz CT molecular complexity index is 1070. The summed E-state index contributed by atoms with van der Waals surface area (Å²) >= 11 is 7.48. The van der Waals surface area contributed by atoms with Crippen molar-refractivity contribution in [2.45, 2.75) is 24.6 Å². The van der Waals surface area contributed by atoms with E-state index in [0.29, 0.717) is 21.0 Å². The second-order valence-electron chi connectivity index (χ2n) is 6.30. The number of nitrogens with zero attached hydrogens (tertiary/aromatic N) is 4. The molecule has 3 aromatic rings. The summed E-state index contributed by atoms with van der Waals surface area (Å²) in [6.45, 7) is 0.272.